The number of aromatic nitrogens is 1. The van der Waals surface area contributed by atoms with Crippen LogP contribution >= 0.6 is 15.9 Å². The van der Waals surface area contributed by atoms with Crippen LogP contribution in [0.3, 0.4) is 0 Å². The molecule has 0 N–H and O–H groups in total. The lowest BCUT2D eigenvalue weighted by Crippen LogP contribution is -2.15. The number of halogens is 1. The normalized spacial score (nSPS) is 10.5. The second-order valence-corrected chi connectivity index (χ2v) is 5.86. The number of carbonyl (C=O) groups excluding carboxylic acids is 2. The van der Waals surface area contributed by atoms with Gasteiger partial charge in [-0.2, -0.15) is 0 Å². The van der Waals surface area contributed by atoms with E-state index in [1.807, 2.05) is 42.7 Å². The van der Waals surface area contributed by atoms with Crippen molar-refractivity contribution in [3.63, 3.8) is 0 Å². The Bertz CT molecular complexity index is 702. The van der Waals surface area contributed by atoms with Gasteiger partial charge in [0.05, 0.1) is 12.2 Å². The quantitative estimate of drug-likeness (QED) is 0.597. The molecule has 0 atom stereocenters. The van der Waals surface area contributed by atoms with Crippen molar-refractivity contribution < 1.29 is 14.3 Å². The third-order valence-corrected chi connectivity index (χ3v) is 4.53. The molecule has 116 valence electrons. The summed E-state index contributed by atoms with van der Waals surface area (Å²) in [6, 6.07) is 8.07. The molecule has 0 aliphatic heterocycles. The molecular weight excluding hydrogens is 346 g/mol. The molecule has 2 rings (SSSR count). The maximum absolute atomic E-state index is 12.2. The summed E-state index contributed by atoms with van der Waals surface area (Å²) in [5, 5.41) is 0. The van der Waals surface area contributed by atoms with E-state index in [-0.39, 0.29) is 6.61 Å². The van der Waals surface area contributed by atoms with Crippen molar-refractivity contribution in [3.8, 4) is 0 Å². The second kappa shape index (κ2) is 6.92. The van der Waals surface area contributed by atoms with E-state index in [2.05, 4.69) is 15.9 Å². The van der Waals surface area contributed by atoms with Crippen LogP contribution in [-0.2, 0) is 11.3 Å². The van der Waals surface area contributed by atoms with E-state index in [0.29, 0.717) is 28.6 Å². The highest BCUT2D eigenvalue weighted by Gasteiger charge is 2.24. The zero-order valence-corrected chi connectivity index (χ0v) is 14.4. The van der Waals surface area contributed by atoms with Gasteiger partial charge in [-0.05, 0) is 42.3 Å². The van der Waals surface area contributed by atoms with E-state index in [1.165, 1.54) is 5.56 Å². The summed E-state index contributed by atoms with van der Waals surface area (Å²) in [6.07, 6.45) is 0.689. The topological polar surface area (TPSA) is 48.3 Å². The van der Waals surface area contributed by atoms with Crippen LogP contribution in [0, 0.1) is 13.8 Å². The maximum atomic E-state index is 12.2. The molecule has 22 heavy (non-hydrogen) atoms. The fourth-order valence-electron chi connectivity index (χ4n) is 2.33. The molecule has 0 amide bonds. The Balaban J connectivity index is 2.51. The number of nitrogens with zero attached hydrogens (tertiary/aromatic N) is 1. The largest absolute Gasteiger partial charge is 0.461 e. The molecule has 1 aromatic carbocycles. The summed E-state index contributed by atoms with van der Waals surface area (Å²) in [4.78, 5) is 23.6. The molecule has 0 fully saturated rings. The Kier molecular flexibility index (Phi) is 5.19. The van der Waals surface area contributed by atoms with Crippen molar-refractivity contribution in [2.75, 3.05) is 6.61 Å². The van der Waals surface area contributed by atoms with Crippen LogP contribution in [0.4, 0.5) is 0 Å². The molecule has 0 bridgehead atoms. The number of hydrogen-bond acceptors (Lipinski definition) is 3. The summed E-state index contributed by atoms with van der Waals surface area (Å²) in [7, 11) is 0. The van der Waals surface area contributed by atoms with Crippen molar-refractivity contribution in [2.45, 2.75) is 27.3 Å². The monoisotopic (exact) mass is 363 g/mol. The summed E-state index contributed by atoms with van der Waals surface area (Å²) < 4.78 is 7.55. The molecule has 0 saturated carbocycles. The number of hydrogen-bond donors (Lipinski definition) is 0. The summed E-state index contributed by atoms with van der Waals surface area (Å²) in [5.41, 5.74) is 3.68. The predicted octanol–water partition coefficient (Wildman–Crippen LogP) is 3.90. The lowest BCUT2D eigenvalue weighted by molar-refractivity contribution is 0.0512. The standard InChI is InChI=1S/C17H18BrNO3/c1-4-22-17(21)16-14(10-20)15(18)12(3)19(16)9-13-7-5-11(2)6-8-13/h5-8,10H,4,9H2,1-3H3. The molecule has 2 aromatic rings. The van der Waals surface area contributed by atoms with E-state index in [9.17, 15) is 9.59 Å². The van der Waals surface area contributed by atoms with Gasteiger partial charge in [-0.3, -0.25) is 4.79 Å². The molecule has 0 aliphatic carbocycles. The van der Waals surface area contributed by atoms with E-state index in [1.54, 1.807) is 6.92 Å². The minimum absolute atomic E-state index is 0.267. The number of carbonyl (C=O) groups is 2. The first kappa shape index (κ1) is 16.5. The van der Waals surface area contributed by atoms with Gasteiger partial charge in [-0.15, -0.1) is 0 Å². The number of ether oxygens (including phenoxy) is 1. The molecule has 0 aliphatic rings. The molecule has 0 radical (unpaired) electrons. The van der Waals surface area contributed by atoms with Gasteiger partial charge in [0.1, 0.15) is 5.69 Å². The van der Waals surface area contributed by atoms with E-state index in [0.717, 1.165) is 11.3 Å². The van der Waals surface area contributed by atoms with Crippen molar-refractivity contribution >= 4 is 28.2 Å². The molecule has 0 unspecified atom stereocenters. The van der Waals surface area contributed by atoms with Crippen LogP contribution < -0.4 is 0 Å². The first-order valence-electron chi connectivity index (χ1n) is 7.06. The Hall–Kier alpha value is -1.88. The number of esters is 1. The molecule has 0 spiro atoms. The van der Waals surface area contributed by atoms with Crippen LogP contribution in [0.15, 0.2) is 28.7 Å². The number of aldehydes is 1. The Morgan fingerprint density at radius 3 is 2.45 bits per heavy atom. The average Bonchev–Trinajstić information content (AvgIpc) is 2.74. The van der Waals surface area contributed by atoms with Crippen molar-refractivity contribution in [1.29, 1.82) is 0 Å². The van der Waals surface area contributed by atoms with Crippen LogP contribution in [-0.4, -0.2) is 23.4 Å². The second-order valence-electron chi connectivity index (χ2n) is 5.07. The van der Waals surface area contributed by atoms with Gasteiger partial charge in [0, 0.05) is 16.7 Å². The molecule has 1 heterocycles. The van der Waals surface area contributed by atoms with Gasteiger partial charge < -0.3 is 9.30 Å². The SMILES string of the molecule is CCOC(=O)c1c(C=O)c(Br)c(C)n1Cc1ccc(C)cc1. The van der Waals surface area contributed by atoms with E-state index >= 15 is 0 Å². The Morgan fingerprint density at radius 2 is 1.91 bits per heavy atom. The minimum atomic E-state index is -0.481. The summed E-state index contributed by atoms with van der Waals surface area (Å²) in [5.74, 6) is -0.481. The Morgan fingerprint density at radius 1 is 1.27 bits per heavy atom. The predicted molar refractivity (Wildman–Crippen MR) is 88.5 cm³/mol. The zero-order chi connectivity index (χ0) is 16.3. The van der Waals surface area contributed by atoms with Gasteiger partial charge in [-0.1, -0.05) is 29.8 Å². The number of rotatable bonds is 5. The van der Waals surface area contributed by atoms with Gasteiger partial charge in [0.15, 0.2) is 6.29 Å². The highest BCUT2D eigenvalue weighted by molar-refractivity contribution is 9.10. The zero-order valence-electron chi connectivity index (χ0n) is 12.9. The molecule has 0 saturated heterocycles. The average molecular weight is 364 g/mol. The maximum Gasteiger partial charge on any atom is 0.355 e. The van der Waals surface area contributed by atoms with Crippen molar-refractivity contribution in [1.82, 2.24) is 4.57 Å². The smallest absolute Gasteiger partial charge is 0.355 e. The number of benzene rings is 1. The molecule has 4 nitrogen and oxygen atoms in total. The van der Waals surface area contributed by atoms with Crippen LogP contribution in [0.5, 0.6) is 0 Å². The highest BCUT2D eigenvalue weighted by Crippen LogP contribution is 2.28. The third kappa shape index (κ3) is 3.14. The summed E-state index contributed by atoms with van der Waals surface area (Å²) >= 11 is 3.40. The molecule has 5 heteroatoms. The van der Waals surface area contributed by atoms with Gasteiger partial charge in [-0.25, -0.2) is 4.79 Å². The van der Waals surface area contributed by atoms with Gasteiger partial charge in [0.25, 0.3) is 0 Å². The van der Waals surface area contributed by atoms with Gasteiger partial charge in [0.2, 0.25) is 0 Å². The van der Waals surface area contributed by atoms with E-state index < -0.39 is 5.97 Å². The Labute approximate surface area is 138 Å². The fraction of sp³-hybridized carbons (Fsp3) is 0.294. The van der Waals surface area contributed by atoms with Crippen LogP contribution in [0.1, 0.15) is 44.6 Å². The van der Waals surface area contributed by atoms with Crippen LogP contribution in [0.25, 0.3) is 0 Å². The molecule has 1 aromatic heterocycles. The minimum Gasteiger partial charge on any atom is -0.461 e. The van der Waals surface area contributed by atoms with Crippen molar-refractivity contribution in [3.05, 3.63) is 56.8 Å². The lowest BCUT2D eigenvalue weighted by Gasteiger charge is -2.11. The fourth-order valence-corrected chi connectivity index (χ4v) is 2.83. The van der Waals surface area contributed by atoms with Crippen LogP contribution in [0.2, 0.25) is 0 Å². The first-order chi connectivity index (χ1) is 10.5. The van der Waals surface area contributed by atoms with Gasteiger partial charge >= 0.3 is 5.97 Å². The molecular formula is C17H18BrNO3. The highest BCUT2D eigenvalue weighted by atomic mass is 79.9. The lowest BCUT2D eigenvalue weighted by atomic mass is 10.1. The third-order valence-electron chi connectivity index (χ3n) is 3.53. The first-order valence-corrected chi connectivity index (χ1v) is 7.85. The van der Waals surface area contributed by atoms with Crippen molar-refractivity contribution in [2.24, 2.45) is 0 Å². The van der Waals surface area contributed by atoms with E-state index in [4.69, 9.17) is 4.74 Å². The summed E-state index contributed by atoms with van der Waals surface area (Å²) in [6.45, 7) is 6.41. The number of aryl methyl sites for hydroxylation is 1.